The molecule has 0 saturated carbocycles. The fourth-order valence-electron chi connectivity index (χ4n) is 3.53. The Morgan fingerprint density at radius 3 is 2.24 bits per heavy atom. The van der Waals surface area contributed by atoms with Gasteiger partial charge in [0.25, 0.3) is 0 Å². The number of carbonyl (C=O) groups excluding carboxylic acids is 1. The zero-order valence-corrected chi connectivity index (χ0v) is 16.3. The van der Waals surface area contributed by atoms with E-state index in [9.17, 15) is 9.18 Å². The SMILES string of the molecule is C[C@@H]1C(=O)N(c2ccc(Oc3ccccc3)cc2)CCN1Cc1ccc(F)cc1. The van der Waals surface area contributed by atoms with Crippen molar-refractivity contribution in [2.24, 2.45) is 0 Å². The summed E-state index contributed by atoms with van der Waals surface area (Å²) in [5, 5.41) is 0. The molecule has 0 aliphatic carbocycles. The number of benzene rings is 3. The second-order valence-electron chi connectivity index (χ2n) is 7.17. The van der Waals surface area contributed by atoms with Gasteiger partial charge in [0.2, 0.25) is 5.91 Å². The van der Waals surface area contributed by atoms with E-state index in [-0.39, 0.29) is 17.8 Å². The van der Waals surface area contributed by atoms with Crippen LogP contribution >= 0.6 is 0 Å². The molecule has 0 unspecified atom stereocenters. The molecule has 1 saturated heterocycles. The van der Waals surface area contributed by atoms with E-state index in [1.807, 2.05) is 66.4 Å². The average Bonchev–Trinajstić information content (AvgIpc) is 2.75. The summed E-state index contributed by atoms with van der Waals surface area (Å²) >= 11 is 0. The number of para-hydroxylation sites is 1. The smallest absolute Gasteiger partial charge is 0.244 e. The van der Waals surface area contributed by atoms with Crippen LogP contribution in [0.3, 0.4) is 0 Å². The number of rotatable bonds is 5. The van der Waals surface area contributed by atoms with E-state index in [0.717, 1.165) is 29.3 Å². The molecule has 1 amide bonds. The van der Waals surface area contributed by atoms with Crippen LogP contribution in [0.2, 0.25) is 0 Å². The van der Waals surface area contributed by atoms with Gasteiger partial charge in [-0.2, -0.15) is 0 Å². The third-order valence-corrected chi connectivity index (χ3v) is 5.21. The number of carbonyl (C=O) groups is 1. The summed E-state index contributed by atoms with van der Waals surface area (Å²) in [6, 6.07) is 23.4. The Balaban J connectivity index is 1.41. The van der Waals surface area contributed by atoms with Crippen LogP contribution < -0.4 is 9.64 Å². The lowest BCUT2D eigenvalue weighted by Crippen LogP contribution is -2.55. The highest BCUT2D eigenvalue weighted by Crippen LogP contribution is 2.26. The highest BCUT2D eigenvalue weighted by molar-refractivity contribution is 5.97. The molecule has 1 fully saturated rings. The van der Waals surface area contributed by atoms with Gasteiger partial charge >= 0.3 is 0 Å². The lowest BCUT2D eigenvalue weighted by atomic mass is 10.1. The standard InChI is InChI=1S/C24H23FN2O2/c1-18-24(28)27(16-15-26(18)17-19-7-9-20(25)10-8-19)21-11-13-23(14-12-21)29-22-5-3-2-4-6-22/h2-14,18H,15-17H2,1H3/t18-/m1/s1. The molecule has 0 radical (unpaired) electrons. The molecule has 1 atom stereocenters. The van der Waals surface area contributed by atoms with Gasteiger partial charge in [-0.3, -0.25) is 9.69 Å². The first-order chi connectivity index (χ1) is 14.1. The zero-order valence-electron chi connectivity index (χ0n) is 16.3. The summed E-state index contributed by atoms with van der Waals surface area (Å²) in [7, 11) is 0. The minimum Gasteiger partial charge on any atom is -0.457 e. The van der Waals surface area contributed by atoms with Crippen LogP contribution in [0.25, 0.3) is 0 Å². The van der Waals surface area contributed by atoms with Crippen LogP contribution in [0, 0.1) is 5.82 Å². The fraction of sp³-hybridized carbons (Fsp3) is 0.208. The molecule has 0 spiro atoms. The molecule has 148 valence electrons. The van der Waals surface area contributed by atoms with Crippen LogP contribution in [-0.4, -0.2) is 29.9 Å². The van der Waals surface area contributed by atoms with Crippen molar-refractivity contribution < 1.29 is 13.9 Å². The van der Waals surface area contributed by atoms with Crippen molar-refractivity contribution in [1.82, 2.24) is 4.90 Å². The van der Waals surface area contributed by atoms with E-state index in [4.69, 9.17) is 4.74 Å². The summed E-state index contributed by atoms with van der Waals surface area (Å²) in [5.74, 6) is 1.33. The molecule has 3 aromatic carbocycles. The Kier molecular flexibility index (Phi) is 5.58. The van der Waals surface area contributed by atoms with E-state index in [1.165, 1.54) is 12.1 Å². The normalized spacial score (nSPS) is 17.4. The molecule has 3 aromatic rings. The molecule has 0 aromatic heterocycles. The second-order valence-corrected chi connectivity index (χ2v) is 7.17. The third-order valence-electron chi connectivity index (χ3n) is 5.21. The molecular formula is C24H23FN2O2. The number of anilines is 1. The van der Waals surface area contributed by atoms with Gasteiger partial charge in [0.05, 0.1) is 6.04 Å². The first-order valence-corrected chi connectivity index (χ1v) is 9.73. The van der Waals surface area contributed by atoms with Gasteiger partial charge in [0.15, 0.2) is 0 Å². The predicted octanol–water partition coefficient (Wildman–Crippen LogP) is 4.86. The van der Waals surface area contributed by atoms with Gasteiger partial charge in [-0.25, -0.2) is 4.39 Å². The molecule has 4 nitrogen and oxygen atoms in total. The predicted molar refractivity (Wildman–Crippen MR) is 112 cm³/mol. The van der Waals surface area contributed by atoms with E-state index in [1.54, 1.807) is 12.1 Å². The lowest BCUT2D eigenvalue weighted by molar-refractivity contribution is -0.125. The van der Waals surface area contributed by atoms with E-state index in [2.05, 4.69) is 4.90 Å². The van der Waals surface area contributed by atoms with E-state index in [0.29, 0.717) is 13.1 Å². The van der Waals surface area contributed by atoms with Crippen molar-refractivity contribution in [2.45, 2.75) is 19.5 Å². The van der Waals surface area contributed by atoms with Crippen molar-refractivity contribution in [3.63, 3.8) is 0 Å². The molecule has 1 heterocycles. The van der Waals surface area contributed by atoms with Gasteiger partial charge in [-0.05, 0) is 61.0 Å². The topological polar surface area (TPSA) is 32.8 Å². The van der Waals surface area contributed by atoms with Crippen molar-refractivity contribution in [1.29, 1.82) is 0 Å². The first kappa shape index (κ1) is 19.2. The Morgan fingerprint density at radius 2 is 1.55 bits per heavy atom. The Morgan fingerprint density at radius 1 is 0.897 bits per heavy atom. The van der Waals surface area contributed by atoms with Crippen LogP contribution in [0.15, 0.2) is 78.9 Å². The Bertz CT molecular complexity index is 958. The van der Waals surface area contributed by atoms with Gasteiger partial charge in [0.1, 0.15) is 17.3 Å². The minimum atomic E-state index is -0.248. The van der Waals surface area contributed by atoms with Crippen molar-refractivity contribution in [2.75, 3.05) is 18.0 Å². The van der Waals surface area contributed by atoms with E-state index < -0.39 is 0 Å². The van der Waals surface area contributed by atoms with Gasteiger partial charge < -0.3 is 9.64 Å². The number of halogens is 1. The van der Waals surface area contributed by atoms with Gasteiger partial charge in [-0.1, -0.05) is 30.3 Å². The number of nitrogens with zero attached hydrogens (tertiary/aromatic N) is 2. The summed E-state index contributed by atoms with van der Waals surface area (Å²) < 4.78 is 18.9. The average molecular weight is 390 g/mol. The molecule has 0 N–H and O–H groups in total. The number of hydrogen-bond donors (Lipinski definition) is 0. The van der Waals surface area contributed by atoms with Crippen LogP contribution in [0.5, 0.6) is 11.5 Å². The van der Waals surface area contributed by atoms with Gasteiger partial charge in [-0.15, -0.1) is 0 Å². The summed E-state index contributed by atoms with van der Waals surface area (Å²) in [4.78, 5) is 16.9. The zero-order chi connectivity index (χ0) is 20.2. The number of amides is 1. The molecule has 29 heavy (non-hydrogen) atoms. The van der Waals surface area contributed by atoms with Gasteiger partial charge in [0, 0.05) is 25.3 Å². The Labute approximate surface area is 170 Å². The second kappa shape index (κ2) is 8.45. The largest absolute Gasteiger partial charge is 0.457 e. The van der Waals surface area contributed by atoms with E-state index >= 15 is 0 Å². The minimum absolute atomic E-state index is 0.0649. The monoisotopic (exact) mass is 390 g/mol. The summed E-state index contributed by atoms with van der Waals surface area (Å²) in [6.07, 6.45) is 0. The Hall–Kier alpha value is -3.18. The highest BCUT2D eigenvalue weighted by atomic mass is 19.1. The molecule has 0 bridgehead atoms. The maximum Gasteiger partial charge on any atom is 0.244 e. The van der Waals surface area contributed by atoms with Crippen LogP contribution in [0.1, 0.15) is 12.5 Å². The molecule has 4 rings (SSSR count). The number of piperazine rings is 1. The lowest BCUT2D eigenvalue weighted by Gasteiger charge is -2.39. The number of ether oxygens (including phenoxy) is 1. The molecular weight excluding hydrogens is 367 g/mol. The molecule has 1 aliphatic rings. The quantitative estimate of drug-likeness (QED) is 0.624. The number of hydrogen-bond acceptors (Lipinski definition) is 3. The molecule has 5 heteroatoms. The van der Waals surface area contributed by atoms with Crippen LogP contribution in [-0.2, 0) is 11.3 Å². The molecule has 1 aliphatic heterocycles. The van der Waals surface area contributed by atoms with Crippen molar-refractivity contribution >= 4 is 11.6 Å². The maximum atomic E-state index is 13.1. The summed E-state index contributed by atoms with van der Waals surface area (Å²) in [5.41, 5.74) is 1.87. The first-order valence-electron chi connectivity index (χ1n) is 9.73. The fourth-order valence-corrected chi connectivity index (χ4v) is 3.53. The third kappa shape index (κ3) is 4.46. The van der Waals surface area contributed by atoms with Crippen LogP contribution in [0.4, 0.5) is 10.1 Å². The highest BCUT2D eigenvalue weighted by Gasteiger charge is 2.32. The van der Waals surface area contributed by atoms with Crippen molar-refractivity contribution in [3.05, 3.63) is 90.2 Å². The maximum absolute atomic E-state index is 13.1. The summed E-state index contributed by atoms with van der Waals surface area (Å²) in [6.45, 7) is 3.92. The van der Waals surface area contributed by atoms with Crippen molar-refractivity contribution in [3.8, 4) is 11.5 Å².